The summed E-state index contributed by atoms with van der Waals surface area (Å²) < 4.78 is 6.37. The molecule has 2 aromatic carbocycles. The van der Waals surface area contributed by atoms with Crippen molar-refractivity contribution >= 4 is 27.8 Å². The number of carbonyl (C=O) groups is 2. The third-order valence-electron chi connectivity index (χ3n) is 3.68. The molecule has 146 valence electrons. The largest absolute Gasteiger partial charge is 0.494 e. The van der Waals surface area contributed by atoms with E-state index in [1.807, 2.05) is 12.1 Å². The Hall–Kier alpha value is -2.34. The Balaban J connectivity index is 0.000000309. The summed E-state index contributed by atoms with van der Waals surface area (Å²) in [7, 11) is 1.63. The van der Waals surface area contributed by atoms with Crippen molar-refractivity contribution in [3.05, 3.63) is 64.1 Å². The van der Waals surface area contributed by atoms with E-state index in [4.69, 9.17) is 9.84 Å². The topological polar surface area (TPSA) is 75.6 Å². The molecule has 0 heterocycles. The van der Waals surface area contributed by atoms with Gasteiger partial charge >= 0.3 is 5.97 Å². The van der Waals surface area contributed by atoms with Crippen molar-refractivity contribution in [1.82, 2.24) is 5.32 Å². The molecule has 0 aliphatic rings. The van der Waals surface area contributed by atoms with Crippen LogP contribution >= 0.6 is 15.9 Å². The van der Waals surface area contributed by atoms with Crippen LogP contribution in [0, 0.1) is 0 Å². The van der Waals surface area contributed by atoms with E-state index in [0.29, 0.717) is 11.1 Å². The molecule has 1 amide bonds. The summed E-state index contributed by atoms with van der Waals surface area (Å²) in [5.74, 6) is -0.144. The number of unbranched alkanes of at least 4 members (excludes halogenated alkanes) is 3. The Morgan fingerprint density at radius 2 is 1.74 bits per heavy atom. The van der Waals surface area contributed by atoms with Crippen LogP contribution in [0.25, 0.3) is 0 Å². The zero-order valence-corrected chi connectivity index (χ0v) is 17.3. The first-order chi connectivity index (χ1) is 13.0. The number of aromatic carboxylic acids is 1. The molecule has 0 radical (unpaired) electrons. The van der Waals surface area contributed by atoms with Crippen LogP contribution in [0.3, 0.4) is 0 Å². The second-order valence-electron chi connectivity index (χ2n) is 5.83. The molecule has 0 aliphatic heterocycles. The van der Waals surface area contributed by atoms with Gasteiger partial charge in [0.2, 0.25) is 0 Å². The molecule has 0 bridgehead atoms. The SMILES string of the molecule is CCCCCCOc1ccc(C(=O)NC)cc1.O=C(O)c1cccc(Br)c1. The lowest BCUT2D eigenvalue weighted by Gasteiger charge is -2.06. The summed E-state index contributed by atoms with van der Waals surface area (Å²) in [4.78, 5) is 21.6. The van der Waals surface area contributed by atoms with Crippen LogP contribution in [0.4, 0.5) is 0 Å². The van der Waals surface area contributed by atoms with Crippen LogP contribution in [-0.4, -0.2) is 30.6 Å². The van der Waals surface area contributed by atoms with Crippen molar-refractivity contribution in [3.8, 4) is 5.75 Å². The van der Waals surface area contributed by atoms with Gasteiger partial charge in [0.15, 0.2) is 0 Å². The molecule has 0 unspecified atom stereocenters. The third kappa shape index (κ3) is 9.24. The molecule has 0 atom stereocenters. The predicted molar refractivity (Wildman–Crippen MR) is 111 cm³/mol. The monoisotopic (exact) mass is 435 g/mol. The number of carbonyl (C=O) groups excluding carboxylic acids is 1. The van der Waals surface area contributed by atoms with E-state index >= 15 is 0 Å². The van der Waals surface area contributed by atoms with Crippen LogP contribution in [0.1, 0.15) is 53.3 Å². The van der Waals surface area contributed by atoms with Gasteiger partial charge in [0.05, 0.1) is 12.2 Å². The first kappa shape index (κ1) is 22.7. The number of hydrogen-bond donors (Lipinski definition) is 2. The number of rotatable bonds is 8. The van der Waals surface area contributed by atoms with Gasteiger partial charge in [-0.2, -0.15) is 0 Å². The number of ether oxygens (including phenoxy) is 1. The van der Waals surface area contributed by atoms with Crippen LogP contribution in [0.15, 0.2) is 53.0 Å². The van der Waals surface area contributed by atoms with E-state index < -0.39 is 5.97 Å². The molecule has 6 heteroatoms. The molecule has 2 N–H and O–H groups in total. The Labute approximate surface area is 168 Å². The van der Waals surface area contributed by atoms with E-state index in [1.165, 1.54) is 19.3 Å². The van der Waals surface area contributed by atoms with Gasteiger partial charge in [-0.05, 0) is 48.9 Å². The Morgan fingerprint density at radius 3 is 2.26 bits per heavy atom. The van der Waals surface area contributed by atoms with Gasteiger partial charge in [0.1, 0.15) is 5.75 Å². The Bertz CT molecular complexity index is 716. The van der Waals surface area contributed by atoms with Gasteiger partial charge in [-0.25, -0.2) is 4.79 Å². The first-order valence-electron chi connectivity index (χ1n) is 8.91. The zero-order chi connectivity index (χ0) is 20.1. The van der Waals surface area contributed by atoms with E-state index in [0.717, 1.165) is 23.2 Å². The van der Waals surface area contributed by atoms with E-state index in [9.17, 15) is 9.59 Å². The Morgan fingerprint density at radius 1 is 1.04 bits per heavy atom. The molecule has 0 aromatic heterocycles. The fourth-order valence-electron chi connectivity index (χ4n) is 2.19. The molecule has 0 spiro atoms. The minimum absolute atomic E-state index is 0.0699. The number of hydrogen-bond acceptors (Lipinski definition) is 3. The third-order valence-corrected chi connectivity index (χ3v) is 4.18. The van der Waals surface area contributed by atoms with Gasteiger partial charge in [-0.15, -0.1) is 0 Å². The van der Waals surface area contributed by atoms with Crippen molar-refractivity contribution in [2.24, 2.45) is 0 Å². The molecule has 0 saturated carbocycles. The highest BCUT2D eigenvalue weighted by molar-refractivity contribution is 9.10. The number of carboxylic acid groups (broad SMARTS) is 1. The van der Waals surface area contributed by atoms with Crippen molar-refractivity contribution in [2.75, 3.05) is 13.7 Å². The summed E-state index contributed by atoms with van der Waals surface area (Å²) in [6, 6.07) is 13.8. The van der Waals surface area contributed by atoms with Gasteiger partial charge in [0.25, 0.3) is 5.91 Å². The van der Waals surface area contributed by atoms with E-state index in [1.54, 1.807) is 43.4 Å². The number of benzene rings is 2. The molecule has 0 aliphatic carbocycles. The summed E-state index contributed by atoms with van der Waals surface area (Å²) in [6.07, 6.45) is 4.80. The standard InChI is InChI=1S/C14H21NO2.C7H5BrO2/c1-3-4-5-6-11-17-13-9-7-12(8-10-13)14(16)15-2;8-6-3-1-2-5(4-6)7(9)10/h7-10H,3-6,11H2,1-2H3,(H,15,16);1-4H,(H,9,10). The van der Waals surface area contributed by atoms with E-state index in [2.05, 4.69) is 28.2 Å². The highest BCUT2D eigenvalue weighted by Crippen LogP contribution is 2.13. The van der Waals surface area contributed by atoms with Gasteiger partial charge in [-0.3, -0.25) is 4.79 Å². The fraction of sp³-hybridized carbons (Fsp3) is 0.333. The molecule has 0 fully saturated rings. The second-order valence-corrected chi connectivity index (χ2v) is 6.74. The number of halogens is 1. The van der Waals surface area contributed by atoms with Gasteiger partial charge in [0, 0.05) is 17.1 Å². The first-order valence-corrected chi connectivity index (χ1v) is 9.71. The van der Waals surface area contributed by atoms with Gasteiger partial charge < -0.3 is 15.2 Å². The number of carboxylic acids is 1. The summed E-state index contributed by atoms with van der Waals surface area (Å²) in [6.45, 7) is 2.94. The lowest BCUT2D eigenvalue weighted by Crippen LogP contribution is -2.17. The maximum Gasteiger partial charge on any atom is 0.335 e. The molecule has 5 nitrogen and oxygen atoms in total. The van der Waals surface area contributed by atoms with Gasteiger partial charge in [-0.1, -0.05) is 48.2 Å². The van der Waals surface area contributed by atoms with Crippen LogP contribution in [0.5, 0.6) is 5.75 Å². The fourth-order valence-corrected chi connectivity index (χ4v) is 2.59. The normalized spacial score (nSPS) is 9.74. The summed E-state index contributed by atoms with van der Waals surface area (Å²) in [5.41, 5.74) is 0.959. The minimum atomic E-state index is -0.902. The molecule has 2 rings (SSSR count). The van der Waals surface area contributed by atoms with E-state index in [-0.39, 0.29) is 5.91 Å². The second kappa shape index (κ2) is 12.9. The molecular weight excluding hydrogens is 410 g/mol. The number of amides is 1. The van der Waals surface area contributed by atoms with Crippen molar-refractivity contribution in [2.45, 2.75) is 32.6 Å². The molecular formula is C21H26BrNO4. The van der Waals surface area contributed by atoms with Crippen molar-refractivity contribution in [3.63, 3.8) is 0 Å². The quantitative estimate of drug-likeness (QED) is 0.561. The number of nitrogens with one attached hydrogen (secondary N) is 1. The molecule has 27 heavy (non-hydrogen) atoms. The van der Waals surface area contributed by atoms with Crippen LogP contribution < -0.4 is 10.1 Å². The highest BCUT2D eigenvalue weighted by atomic mass is 79.9. The predicted octanol–water partition coefficient (Wildman–Crippen LogP) is 5.15. The highest BCUT2D eigenvalue weighted by Gasteiger charge is 2.02. The molecule has 2 aromatic rings. The lowest BCUT2D eigenvalue weighted by atomic mass is 10.2. The van der Waals surface area contributed by atoms with Crippen LogP contribution in [0.2, 0.25) is 0 Å². The van der Waals surface area contributed by atoms with Crippen LogP contribution in [-0.2, 0) is 0 Å². The summed E-state index contributed by atoms with van der Waals surface area (Å²) in [5, 5.41) is 11.1. The maximum absolute atomic E-state index is 11.3. The zero-order valence-electron chi connectivity index (χ0n) is 15.7. The minimum Gasteiger partial charge on any atom is -0.494 e. The maximum atomic E-state index is 11.3. The smallest absolute Gasteiger partial charge is 0.335 e. The average molecular weight is 436 g/mol. The van der Waals surface area contributed by atoms with Crippen molar-refractivity contribution in [1.29, 1.82) is 0 Å². The summed E-state index contributed by atoms with van der Waals surface area (Å²) >= 11 is 3.17. The average Bonchev–Trinajstić information content (AvgIpc) is 2.68. The van der Waals surface area contributed by atoms with Crippen molar-refractivity contribution < 1.29 is 19.4 Å². The molecule has 0 saturated heterocycles. The lowest BCUT2D eigenvalue weighted by molar-refractivity contribution is 0.0696. The Kier molecular flexibility index (Phi) is 10.9.